The van der Waals surface area contributed by atoms with Crippen molar-refractivity contribution in [1.29, 1.82) is 0 Å². The van der Waals surface area contributed by atoms with E-state index in [-0.39, 0.29) is 23.9 Å². The highest BCUT2D eigenvalue weighted by molar-refractivity contribution is 6.27. The number of piperidine rings is 2. The number of methoxy groups -OCH3 is 1. The Morgan fingerprint density at radius 3 is 2.83 bits per heavy atom. The fourth-order valence-corrected chi connectivity index (χ4v) is 3.27. The summed E-state index contributed by atoms with van der Waals surface area (Å²) in [6, 6.07) is 0.193. The van der Waals surface area contributed by atoms with Crippen molar-refractivity contribution in [3.05, 3.63) is 0 Å². The number of alkyl halides is 1. The van der Waals surface area contributed by atoms with Gasteiger partial charge in [-0.2, -0.15) is 0 Å². The summed E-state index contributed by atoms with van der Waals surface area (Å²) in [5.41, 5.74) is 0. The Morgan fingerprint density at radius 2 is 2.22 bits per heavy atom. The second kappa shape index (κ2) is 5.78. The number of fused-ring (bicyclic) bond motifs is 3. The second-order valence-electron chi connectivity index (χ2n) is 5.07. The number of hydrogen-bond donors (Lipinski definition) is 1. The zero-order valence-corrected chi connectivity index (χ0v) is 11.3. The van der Waals surface area contributed by atoms with E-state index in [9.17, 15) is 9.59 Å². The van der Waals surface area contributed by atoms with Crippen LogP contribution in [0.2, 0.25) is 0 Å². The van der Waals surface area contributed by atoms with Crippen LogP contribution < -0.4 is 5.32 Å². The molecular weight excluding hydrogens is 256 g/mol. The second-order valence-corrected chi connectivity index (χ2v) is 5.33. The Bertz CT molecular complexity index is 337. The molecule has 2 heterocycles. The van der Waals surface area contributed by atoms with Gasteiger partial charge in [0.2, 0.25) is 5.91 Å². The van der Waals surface area contributed by atoms with Crippen LogP contribution in [0.25, 0.3) is 0 Å². The van der Waals surface area contributed by atoms with Crippen LogP contribution in [-0.2, 0) is 9.53 Å². The first kappa shape index (κ1) is 13.5. The number of nitrogens with zero attached hydrogens (tertiary/aromatic N) is 1. The molecule has 0 aromatic carbocycles. The SMILES string of the molecule is COC(=O)N1CC2CCC1C(CNC(=O)CCl)C2. The lowest BCUT2D eigenvalue weighted by Gasteiger charge is -2.49. The summed E-state index contributed by atoms with van der Waals surface area (Å²) in [6.07, 6.45) is 2.98. The third-order valence-electron chi connectivity index (χ3n) is 4.00. The number of halogens is 1. The van der Waals surface area contributed by atoms with Crippen molar-refractivity contribution in [3.63, 3.8) is 0 Å². The fraction of sp³-hybridized carbons (Fsp3) is 0.833. The highest BCUT2D eigenvalue weighted by atomic mass is 35.5. The van der Waals surface area contributed by atoms with Crippen LogP contribution in [-0.4, -0.2) is 49.0 Å². The Labute approximate surface area is 112 Å². The van der Waals surface area contributed by atoms with E-state index in [1.807, 2.05) is 4.90 Å². The molecule has 1 aliphatic carbocycles. The van der Waals surface area contributed by atoms with E-state index in [4.69, 9.17) is 16.3 Å². The molecule has 0 spiro atoms. The van der Waals surface area contributed by atoms with Gasteiger partial charge in [-0.1, -0.05) is 0 Å². The van der Waals surface area contributed by atoms with Crippen LogP contribution in [0, 0.1) is 11.8 Å². The predicted molar refractivity (Wildman–Crippen MR) is 67.5 cm³/mol. The summed E-state index contributed by atoms with van der Waals surface area (Å²) in [6.45, 7) is 1.39. The van der Waals surface area contributed by atoms with Crippen molar-refractivity contribution in [1.82, 2.24) is 10.2 Å². The minimum Gasteiger partial charge on any atom is -0.453 e. The van der Waals surface area contributed by atoms with Crippen molar-refractivity contribution in [2.45, 2.75) is 25.3 Å². The molecule has 0 aromatic heterocycles. The number of hydrogen-bond acceptors (Lipinski definition) is 3. The minimum atomic E-state index is -0.252. The number of ether oxygens (including phenoxy) is 1. The fourth-order valence-electron chi connectivity index (χ4n) is 3.17. The van der Waals surface area contributed by atoms with Gasteiger partial charge in [0, 0.05) is 19.1 Å². The van der Waals surface area contributed by atoms with Crippen LogP contribution in [0.15, 0.2) is 0 Å². The Balaban J connectivity index is 1.96. The maximum atomic E-state index is 11.7. The van der Waals surface area contributed by atoms with E-state index < -0.39 is 0 Å². The van der Waals surface area contributed by atoms with Crippen molar-refractivity contribution >= 4 is 23.6 Å². The van der Waals surface area contributed by atoms with Crippen molar-refractivity contribution in [3.8, 4) is 0 Å². The summed E-state index contributed by atoms with van der Waals surface area (Å²) < 4.78 is 4.82. The molecule has 2 bridgehead atoms. The van der Waals surface area contributed by atoms with Gasteiger partial charge in [-0.15, -0.1) is 11.6 Å². The molecule has 2 saturated heterocycles. The predicted octanol–water partition coefficient (Wildman–Crippen LogP) is 1.21. The lowest BCUT2D eigenvalue weighted by Crippen LogP contribution is -2.57. The van der Waals surface area contributed by atoms with E-state index in [2.05, 4.69) is 5.32 Å². The van der Waals surface area contributed by atoms with Gasteiger partial charge in [0.1, 0.15) is 5.88 Å². The quantitative estimate of drug-likeness (QED) is 0.787. The van der Waals surface area contributed by atoms with Gasteiger partial charge in [0.15, 0.2) is 0 Å². The lowest BCUT2D eigenvalue weighted by molar-refractivity contribution is -0.119. The Hall–Kier alpha value is -0.970. The largest absolute Gasteiger partial charge is 0.453 e. The number of carbonyl (C=O) groups excluding carboxylic acids is 2. The average molecular weight is 275 g/mol. The minimum absolute atomic E-state index is 0.0124. The van der Waals surface area contributed by atoms with E-state index in [1.165, 1.54) is 7.11 Å². The third-order valence-corrected chi connectivity index (χ3v) is 4.24. The number of nitrogens with one attached hydrogen (secondary N) is 1. The summed E-state index contributed by atoms with van der Waals surface area (Å²) in [7, 11) is 1.41. The van der Waals surface area contributed by atoms with Crippen LogP contribution in [0.1, 0.15) is 19.3 Å². The molecule has 6 heteroatoms. The van der Waals surface area contributed by atoms with Gasteiger partial charge in [0.25, 0.3) is 0 Å². The zero-order chi connectivity index (χ0) is 13.1. The zero-order valence-electron chi connectivity index (χ0n) is 10.5. The molecule has 2 aliphatic heterocycles. The van der Waals surface area contributed by atoms with E-state index in [0.717, 1.165) is 25.8 Å². The molecule has 2 amide bonds. The molecule has 3 atom stereocenters. The molecule has 3 unspecified atom stereocenters. The van der Waals surface area contributed by atoms with Crippen LogP contribution in [0.4, 0.5) is 4.79 Å². The van der Waals surface area contributed by atoms with E-state index in [0.29, 0.717) is 18.4 Å². The van der Waals surface area contributed by atoms with Gasteiger partial charge < -0.3 is 15.0 Å². The van der Waals surface area contributed by atoms with E-state index in [1.54, 1.807) is 0 Å². The van der Waals surface area contributed by atoms with Crippen molar-refractivity contribution < 1.29 is 14.3 Å². The van der Waals surface area contributed by atoms with Gasteiger partial charge in [0.05, 0.1) is 7.11 Å². The Morgan fingerprint density at radius 1 is 1.44 bits per heavy atom. The molecule has 1 N–H and O–H groups in total. The summed E-state index contributed by atoms with van der Waals surface area (Å²) in [4.78, 5) is 24.7. The maximum absolute atomic E-state index is 11.7. The molecule has 3 rings (SSSR count). The molecule has 102 valence electrons. The summed E-state index contributed by atoms with van der Waals surface area (Å²) in [5.74, 6) is 0.695. The first-order valence-corrected chi connectivity index (χ1v) is 6.86. The first-order chi connectivity index (χ1) is 8.65. The highest BCUT2D eigenvalue weighted by Gasteiger charge is 2.43. The maximum Gasteiger partial charge on any atom is 0.409 e. The number of rotatable bonds is 3. The van der Waals surface area contributed by atoms with Gasteiger partial charge in [-0.05, 0) is 31.1 Å². The number of carbonyl (C=O) groups is 2. The first-order valence-electron chi connectivity index (χ1n) is 6.33. The van der Waals surface area contributed by atoms with Crippen LogP contribution >= 0.6 is 11.6 Å². The Kier molecular flexibility index (Phi) is 4.32. The van der Waals surface area contributed by atoms with Crippen LogP contribution in [0.3, 0.4) is 0 Å². The van der Waals surface area contributed by atoms with Crippen molar-refractivity contribution in [2.24, 2.45) is 11.8 Å². The van der Waals surface area contributed by atoms with Gasteiger partial charge in [-0.25, -0.2) is 4.79 Å². The van der Waals surface area contributed by atoms with Crippen LogP contribution in [0.5, 0.6) is 0 Å². The molecule has 0 radical (unpaired) electrons. The van der Waals surface area contributed by atoms with Gasteiger partial charge >= 0.3 is 6.09 Å². The summed E-state index contributed by atoms with van der Waals surface area (Å²) >= 11 is 5.45. The topological polar surface area (TPSA) is 58.6 Å². The highest BCUT2D eigenvalue weighted by Crippen LogP contribution is 2.39. The monoisotopic (exact) mass is 274 g/mol. The normalized spacial score (nSPS) is 30.1. The smallest absolute Gasteiger partial charge is 0.409 e. The summed E-state index contributed by atoms with van der Waals surface area (Å²) in [5, 5.41) is 2.81. The molecular formula is C12H19ClN2O3. The third kappa shape index (κ3) is 2.71. The van der Waals surface area contributed by atoms with Crippen molar-refractivity contribution in [2.75, 3.05) is 26.1 Å². The molecule has 18 heavy (non-hydrogen) atoms. The molecule has 3 fully saturated rings. The van der Waals surface area contributed by atoms with Gasteiger partial charge in [-0.3, -0.25) is 4.79 Å². The molecule has 5 nitrogen and oxygen atoms in total. The average Bonchev–Trinajstić information content (AvgIpc) is 2.44. The standard InChI is InChI=1S/C12H19ClN2O3/c1-18-12(17)15-7-8-2-3-10(15)9(4-8)6-14-11(16)5-13/h8-10H,2-7H2,1H3,(H,14,16). The molecule has 0 aromatic rings. The molecule has 3 aliphatic rings. The number of amides is 2. The molecule has 1 saturated carbocycles. The lowest BCUT2D eigenvalue weighted by atomic mass is 9.73. The van der Waals surface area contributed by atoms with E-state index >= 15 is 0 Å².